The van der Waals surface area contributed by atoms with Gasteiger partial charge in [0, 0.05) is 18.0 Å². The van der Waals surface area contributed by atoms with Gasteiger partial charge in [0.1, 0.15) is 23.1 Å². The molecule has 2 aromatic heterocycles. The zero-order chi connectivity index (χ0) is 14.9. The lowest BCUT2D eigenvalue weighted by atomic mass is 10.2. The molecule has 7 heteroatoms. The normalized spacial score (nSPS) is 11.6. The third kappa shape index (κ3) is 2.90. The molecule has 0 fully saturated rings. The molecule has 2 aromatic rings. The summed E-state index contributed by atoms with van der Waals surface area (Å²) in [4.78, 5) is 20.6. The van der Waals surface area contributed by atoms with Gasteiger partial charge < -0.3 is 0 Å². The molecule has 20 heavy (non-hydrogen) atoms. The zero-order valence-electron chi connectivity index (χ0n) is 12.0. The molecule has 6 nitrogen and oxygen atoms in total. The van der Waals surface area contributed by atoms with E-state index in [1.54, 1.807) is 9.25 Å². The minimum atomic E-state index is -0.174. The van der Waals surface area contributed by atoms with Crippen molar-refractivity contribution in [3.63, 3.8) is 0 Å². The molecule has 0 aliphatic carbocycles. The Balaban J connectivity index is 2.48. The first-order valence-electron chi connectivity index (χ1n) is 6.55. The molecular formula is C13H18ClN5O. The van der Waals surface area contributed by atoms with Crippen molar-refractivity contribution in [3.05, 3.63) is 39.5 Å². The van der Waals surface area contributed by atoms with Gasteiger partial charge in [0.05, 0.1) is 6.54 Å². The van der Waals surface area contributed by atoms with Crippen LogP contribution in [0.4, 0.5) is 0 Å². The van der Waals surface area contributed by atoms with Crippen LogP contribution in [0, 0.1) is 0 Å². The smallest absolute Gasteiger partial charge is 0.255 e. The van der Waals surface area contributed by atoms with Crippen LogP contribution in [0.25, 0.3) is 0 Å². The van der Waals surface area contributed by atoms with Crippen LogP contribution >= 0.6 is 11.6 Å². The lowest BCUT2D eigenvalue weighted by molar-refractivity contribution is 0.486. The highest BCUT2D eigenvalue weighted by Gasteiger charge is 2.15. The maximum Gasteiger partial charge on any atom is 0.255 e. The average Bonchev–Trinajstić information content (AvgIpc) is 2.80. The molecule has 0 saturated heterocycles. The minimum Gasteiger partial charge on any atom is -0.289 e. The number of rotatable bonds is 4. The Morgan fingerprint density at radius 2 is 2.00 bits per heavy atom. The molecule has 0 N–H and O–H groups in total. The Labute approximate surface area is 122 Å². The standard InChI is InChI=1S/C13H18ClN5O/c1-8(2)13-17-10(14)5-12(20)18(13)6-11-15-7-16-19(11)9(3)4/h5,7-9H,6H2,1-4H3. The van der Waals surface area contributed by atoms with Crippen LogP contribution < -0.4 is 5.56 Å². The molecule has 0 aliphatic heterocycles. The van der Waals surface area contributed by atoms with Gasteiger partial charge in [0.15, 0.2) is 0 Å². The molecule has 0 atom stereocenters. The summed E-state index contributed by atoms with van der Waals surface area (Å²) in [5, 5.41) is 4.40. The summed E-state index contributed by atoms with van der Waals surface area (Å²) in [7, 11) is 0. The van der Waals surface area contributed by atoms with E-state index in [1.165, 1.54) is 12.4 Å². The second-order valence-corrected chi connectivity index (χ2v) is 5.62. The molecule has 0 radical (unpaired) electrons. The molecule has 0 saturated carbocycles. The number of halogens is 1. The van der Waals surface area contributed by atoms with Gasteiger partial charge in [0.2, 0.25) is 0 Å². The van der Waals surface area contributed by atoms with Crippen LogP contribution in [0.2, 0.25) is 5.15 Å². The van der Waals surface area contributed by atoms with E-state index in [4.69, 9.17) is 11.6 Å². The van der Waals surface area contributed by atoms with Crippen molar-refractivity contribution in [2.45, 2.75) is 46.2 Å². The second kappa shape index (κ2) is 5.75. The highest BCUT2D eigenvalue weighted by molar-refractivity contribution is 6.29. The SMILES string of the molecule is CC(C)c1nc(Cl)cc(=O)n1Cc1ncnn1C(C)C. The van der Waals surface area contributed by atoms with E-state index in [9.17, 15) is 4.79 Å². The van der Waals surface area contributed by atoms with Gasteiger partial charge in [0.25, 0.3) is 5.56 Å². The van der Waals surface area contributed by atoms with Crippen molar-refractivity contribution in [1.29, 1.82) is 0 Å². The van der Waals surface area contributed by atoms with E-state index < -0.39 is 0 Å². The summed E-state index contributed by atoms with van der Waals surface area (Å²) in [6.07, 6.45) is 1.50. The topological polar surface area (TPSA) is 65.6 Å². The molecule has 0 spiro atoms. The van der Waals surface area contributed by atoms with Crippen LogP contribution in [-0.4, -0.2) is 24.3 Å². The quantitative estimate of drug-likeness (QED) is 0.811. The van der Waals surface area contributed by atoms with Crippen molar-refractivity contribution in [3.8, 4) is 0 Å². The van der Waals surface area contributed by atoms with Gasteiger partial charge >= 0.3 is 0 Å². The Morgan fingerprint density at radius 1 is 1.30 bits per heavy atom. The Morgan fingerprint density at radius 3 is 2.60 bits per heavy atom. The van der Waals surface area contributed by atoms with E-state index in [2.05, 4.69) is 15.1 Å². The summed E-state index contributed by atoms with van der Waals surface area (Å²) in [6, 6.07) is 1.51. The summed E-state index contributed by atoms with van der Waals surface area (Å²) in [5.41, 5.74) is -0.174. The van der Waals surface area contributed by atoms with E-state index >= 15 is 0 Å². The predicted molar refractivity (Wildman–Crippen MR) is 77.1 cm³/mol. The van der Waals surface area contributed by atoms with Gasteiger partial charge in [-0.25, -0.2) is 14.6 Å². The fourth-order valence-corrected chi connectivity index (χ4v) is 2.23. The maximum atomic E-state index is 12.2. The Bertz CT molecular complexity index is 659. The van der Waals surface area contributed by atoms with E-state index in [-0.39, 0.29) is 22.7 Å². The lowest BCUT2D eigenvalue weighted by Gasteiger charge is -2.15. The predicted octanol–water partition coefficient (Wildman–Crippen LogP) is 2.24. The van der Waals surface area contributed by atoms with Crippen molar-refractivity contribution >= 4 is 11.6 Å². The fraction of sp³-hybridized carbons (Fsp3) is 0.538. The van der Waals surface area contributed by atoms with Crippen molar-refractivity contribution in [2.75, 3.05) is 0 Å². The van der Waals surface area contributed by atoms with Crippen molar-refractivity contribution in [2.24, 2.45) is 0 Å². The highest BCUT2D eigenvalue weighted by Crippen LogP contribution is 2.14. The van der Waals surface area contributed by atoms with Gasteiger partial charge in [-0.3, -0.25) is 9.36 Å². The molecule has 2 heterocycles. The number of hydrogen-bond acceptors (Lipinski definition) is 4. The lowest BCUT2D eigenvalue weighted by Crippen LogP contribution is -2.27. The van der Waals surface area contributed by atoms with Crippen molar-refractivity contribution in [1.82, 2.24) is 24.3 Å². The Hall–Kier alpha value is -1.69. The third-order valence-electron chi connectivity index (χ3n) is 2.96. The maximum absolute atomic E-state index is 12.2. The summed E-state index contributed by atoms with van der Waals surface area (Å²) in [5.74, 6) is 1.48. The van der Waals surface area contributed by atoms with Gasteiger partial charge in [-0.05, 0) is 13.8 Å². The van der Waals surface area contributed by atoms with Crippen molar-refractivity contribution < 1.29 is 0 Å². The first-order valence-corrected chi connectivity index (χ1v) is 6.93. The molecule has 0 bridgehead atoms. The molecule has 0 aromatic carbocycles. The molecule has 0 unspecified atom stereocenters. The van der Waals surface area contributed by atoms with Crippen LogP contribution in [0.5, 0.6) is 0 Å². The van der Waals surface area contributed by atoms with E-state index in [1.807, 2.05) is 27.7 Å². The van der Waals surface area contributed by atoms with Gasteiger partial charge in [-0.15, -0.1) is 0 Å². The molecule has 108 valence electrons. The number of hydrogen-bond donors (Lipinski definition) is 0. The molecular weight excluding hydrogens is 278 g/mol. The molecule has 0 amide bonds. The molecule has 2 rings (SSSR count). The summed E-state index contributed by atoms with van der Waals surface area (Å²) >= 11 is 5.87. The molecule has 0 aliphatic rings. The van der Waals surface area contributed by atoms with Gasteiger partial charge in [-0.2, -0.15) is 5.10 Å². The second-order valence-electron chi connectivity index (χ2n) is 5.23. The first-order chi connectivity index (χ1) is 9.40. The fourth-order valence-electron chi connectivity index (χ4n) is 2.05. The summed E-state index contributed by atoms with van der Waals surface area (Å²) in [6.45, 7) is 8.33. The minimum absolute atomic E-state index is 0.0943. The average molecular weight is 296 g/mol. The highest BCUT2D eigenvalue weighted by atomic mass is 35.5. The van der Waals surface area contributed by atoms with Gasteiger partial charge in [-0.1, -0.05) is 25.4 Å². The van der Waals surface area contributed by atoms with E-state index in [0.717, 1.165) is 5.82 Å². The Kier molecular flexibility index (Phi) is 4.23. The van der Waals surface area contributed by atoms with Crippen LogP contribution in [-0.2, 0) is 6.54 Å². The van der Waals surface area contributed by atoms with Crippen LogP contribution in [0.1, 0.15) is 51.3 Å². The van der Waals surface area contributed by atoms with Crippen LogP contribution in [0.15, 0.2) is 17.2 Å². The number of aromatic nitrogens is 5. The van der Waals surface area contributed by atoms with E-state index in [0.29, 0.717) is 12.4 Å². The monoisotopic (exact) mass is 295 g/mol. The number of nitrogens with zero attached hydrogens (tertiary/aromatic N) is 5. The van der Waals surface area contributed by atoms with Crippen LogP contribution in [0.3, 0.4) is 0 Å². The third-order valence-corrected chi connectivity index (χ3v) is 3.15. The zero-order valence-corrected chi connectivity index (χ0v) is 12.8. The summed E-state index contributed by atoms with van der Waals surface area (Å²) < 4.78 is 3.39. The first kappa shape index (κ1) is 14.7. The largest absolute Gasteiger partial charge is 0.289 e.